The molecule has 0 fully saturated rings. The molecule has 2 aromatic carbocycles. The molecule has 1 heterocycles. The highest BCUT2D eigenvalue weighted by molar-refractivity contribution is 6.08. The molecule has 1 aliphatic carbocycles. The lowest BCUT2D eigenvalue weighted by molar-refractivity contribution is -0.114. The molecule has 0 saturated heterocycles. The fourth-order valence-electron chi connectivity index (χ4n) is 2.63. The van der Waals surface area contributed by atoms with Gasteiger partial charge in [-0.25, -0.2) is 0 Å². The Hall–Kier alpha value is -2.35. The van der Waals surface area contributed by atoms with Crippen molar-refractivity contribution in [1.82, 2.24) is 0 Å². The molecule has 1 aromatic heterocycles. The number of rotatable bonds is 0. The number of hydrogen-bond donors (Lipinski definition) is 0. The van der Waals surface area contributed by atoms with E-state index in [1.165, 1.54) is 5.39 Å². The molecule has 0 atom stereocenters. The van der Waals surface area contributed by atoms with Crippen LogP contribution in [0.4, 0.5) is 0 Å². The van der Waals surface area contributed by atoms with Gasteiger partial charge in [0.15, 0.2) is 5.78 Å². The summed E-state index contributed by atoms with van der Waals surface area (Å²) in [4.78, 5) is 11.5. The molecule has 0 radical (unpaired) electrons. The van der Waals surface area contributed by atoms with E-state index in [4.69, 9.17) is 4.42 Å². The minimum atomic E-state index is 0.168. The maximum atomic E-state index is 11.5. The Kier molecular flexibility index (Phi) is 1.78. The second kappa shape index (κ2) is 3.33. The molecule has 0 unspecified atom stereocenters. The van der Waals surface area contributed by atoms with Crippen LogP contribution in [-0.2, 0) is 11.2 Å². The van der Waals surface area contributed by atoms with Crippen LogP contribution in [0.25, 0.3) is 27.8 Å². The summed E-state index contributed by atoms with van der Waals surface area (Å²) < 4.78 is 5.41. The summed E-state index contributed by atoms with van der Waals surface area (Å²) >= 11 is 0. The van der Waals surface area contributed by atoms with E-state index >= 15 is 0 Å². The predicted octanol–water partition coefficient (Wildman–Crippen LogP) is 3.72. The zero-order chi connectivity index (χ0) is 12.1. The monoisotopic (exact) mass is 234 g/mol. The Morgan fingerprint density at radius 3 is 2.89 bits per heavy atom. The lowest BCUT2D eigenvalue weighted by Crippen LogP contribution is -2.04. The minimum Gasteiger partial charge on any atom is -0.464 e. The number of fused-ring (bicyclic) bond motifs is 4. The zero-order valence-electron chi connectivity index (χ0n) is 9.64. The van der Waals surface area contributed by atoms with Gasteiger partial charge in [0.1, 0.15) is 5.58 Å². The lowest BCUT2D eigenvalue weighted by atomic mass is 9.92. The molecule has 2 nitrogen and oxygen atoms in total. The summed E-state index contributed by atoms with van der Waals surface area (Å²) in [5.74, 6) is 0.168. The number of carbonyl (C=O) groups excluding carboxylic acids is 1. The summed E-state index contributed by atoms with van der Waals surface area (Å²) in [6.07, 6.45) is 5.76. The Bertz CT molecular complexity index is 822. The molecule has 86 valence electrons. The first-order valence-electron chi connectivity index (χ1n) is 5.95. The third-order valence-corrected chi connectivity index (χ3v) is 3.52. The van der Waals surface area contributed by atoms with E-state index in [2.05, 4.69) is 18.2 Å². The Morgan fingerprint density at radius 1 is 1.00 bits per heavy atom. The van der Waals surface area contributed by atoms with Crippen molar-refractivity contribution >= 4 is 33.6 Å². The van der Waals surface area contributed by atoms with E-state index in [0.29, 0.717) is 6.42 Å². The van der Waals surface area contributed by atoms with E-state index in [-0.39, 0.29) is 5.78 Å². The van der Waals surface area contributed by atoms with Crippen molar-refractivity contribution in [3.63, 3.8) is 0 Å². The van der Waals surface area contributed by atoms with E-state index < -0.39 is 0 Å². The summed E-state index contributed by atoms with van der Waals surface area (Å²) in [6.45, 7) is 0. The smallest absolute Gasteiger partial charge is 0.160 e. The van der Waals surface area contributed by atoms with Crippen LogP contribution in [0.1, 0.15) is 11.1 Å². The second-order valence-corrected chi connectivity index (χ2v) is 4.65. The molecule has 1 aliphatic rings. The maximum Gasteiger partial charge on any atom is 0.160 e. The average Bonchev–Trinajstić information content (AvgIpc) is 2.85. The predicted molar refractivity (Wildman–Crippen MR) is 71.5 cm³/mol. The number of hydrogen-bond acceptors (Lipinski definition) is 2. The van der Waals surface area contributed by atoms with Crippen LogP contribution in [0.2, 0.25) is 0 Å². The first-order chi connectivity index (χ1) is 8.81. The van der Waals surface area contributed by atoms with Gasteiger partial charge in [-0.15, -0.1) is 0 Å². The minimum absolute atomic E-state index is 0.168. The highest BCUT2D eigenvalue weighted by atomic mass is 16.3. The summed E-state index contributed by atoms with van der Waals surface area (Å²) in [7, 11) is 0. The molecular formula is C16H10O2. The highest BCUT2D eigenvalue weighted by Gasteiger charge is 2.12. The molecule has 0 saturated carbocycles. The van der Waals surface area contributed by atoms with Gasteiger partial charge < -0.3 is 4.42 Å². The van der Waals surface area contributed by atoms with E-state index in [0.717, 1.165) is 27.5 Å². The summed E-state index contributed by atoms with van der Waals surface area (Å²) in [6, 6.07) is 10.3. The number of allylic oxidation sites excluding steroid dienone is 1. The van der Waals surface area contributed by atoms with Gasteiger partial charge in [-0.3, -0.25) is 4.79 Å². The normalized spacial score (nSPS) is 14.3. The van der Waals surface area contributed by atoms with Crippen molar-refractivity contribution in [1.29, 1.82) is 0 Å². The fourth-order valence-corrected chi connectivity index (χ4v) is 2.63. The molecule has 2 heteroatoms. The summed E-state index contributed by atoms with van der Waals surface area (Å²) in [5, 5.41) is 3.45. The van der Waals surface area contributed by atoms with E-state index in [9.17, 15) is 4.79 Å². The van der Waals surface area contributed by atoms with Crippen LogP contribution < -0.4 is 0 Å². The Balaban J connectivity index is 2.13. The SMILES string of the molecule is O=C1C=Cc2cc3ccc4occc4c3cc2C1. The molecule has 0 N–H and O–H groups in total. The molecule has 3 aromatic rings. The van der Waals surface area contributed by atoms with Gasteiger partial charge in [-0.05, 0) is 52.2 Å². The van der Waals surface area contributed by atoms with Crippen molar-refractivity contribution in [3.8, 4) is 0 Å². The van der Waals surface area contributed by atoms with Gasteiger partial charge in [-0.1, -0.05) is 12.1 Å². The number of ketones is 1. The van der Waals surface area contributed by atoms with Crippen molar-refractivity contribution in [2.45, 2.75) is 6.42 Å². The molecule has 0 amide bonds. The Labute approximate surface area is 104 Å². The first kappa shape index (κ1) is 9.66. The van der Waals surface area contributed by atoms with E-state index in [1.807, 2.05) is 18.2 Å². The standard InChI is InChI=1S/C16H10O2/c17-13-3-1-10-7-11-2-4-16-14(5-6-18-16)15(11)9-12(10)8-13/h1-7,9H,8H2. The van der Waals surface area contributed by atoms with Crippen LogP contribution in [-0.4, -0.2) is 5.78 Å². The first-order valence-corrected chi connectivity index (χ1v) is 5.95. The summed E-state index contributed by atoms with van der Waals surface area (Å²) in [5.41, 5.74) is 3.13. The van der Waals surface area contributed by atoms with Crippen LogP contribution in [0.15, 0.2) is 47.1 Å². The highest BCUT2D eigenvalue weighted by Crippen LogP contribution is 2.30. The van der Waals surface area contributed by atoms with Gasteiger partial charge in [0.2, 0.25) is 0 Å². The molecule has 0 bridgehead atoms. The van der Waals surface area contributed by atoms with E-state index in [1.54, 1.807) is 12.3 Å². The quantitative estimate of drug-likeness (QED) is 0.593. The lowest BCUT2D eigenvalue weighted by Gasteiger charge is -2.11. The van der Waals surface area contributed by atoms with Gasteiger partial charge in [0, 0.05) is 11.8 Å². The van der Waals surface area contributed by atoms with Crippen LogP contribution in [0.3, 0.4) is 0 Å². The second-order valence-electron chi connectivity index (χ2n) is 4.65. The number of carbonyl (C=O) groups is 1. The van der Waals surface area contributed by atoms with Gasteiger partial charge in [-0.2, -0.15) is 0 Å². The van der Waals surface area contributed by atoms with Crippen molar-refractivity contribution in [2.75, 3.05) is 0 Å². The number of furan rings is 1. The van der Waals surface area contributed by atoms with Gasteiger partial charge >= 0.3 is 0 Å². The molecular weight excluding hydrogens is 224 g/mol. The van der Waals surface area contributed by atoms with Gasteiger partial charge in [0.25, 0.3) is 0 Å². The van der Waals surface area contributed by atoms with Crippen LogP contribution in [0.5, 0.6) is 0 Å². The molecule has 0 spiro atoms. The topological polar surface area (TPSA) is 30.2 Å². The average molecular weight is 234 g/mol. The Morgan fingerprint density at radius 2 is 1.94 bits per heavy atom. The fraction of sp³-hybridized carbons (Fsp3) is 0.0625. The largest absolute Gasteiger partial charge is 0.464 e. The molecule has 0 aliphatic heterocycles. The molecule has 4 rings (SSSR count). The van der Waals surface area contributed by atoms with Crippen molar-refractivity contribution in [2.24, 2.45) is 0 Å². The van der Waals surface area contributed by atoms with Gasteiger partial charge in [0.05, 0.1) is 6.26 Å². The third-order valence-electron chi connectivity index (χ3n) is 3.52. The number of benzene rings is 2. The third kappa shape index (κ3) is 1.26. The maximum absolute atomic E-state index is 11.5. The van der Waals surface area contributed by atoms with Crippen molar-refractivity contribution < 1.29 is 9.21 Å². The van der Waals surface area contributed by atoms with Crippen LogP contribution >= 0.6 is 0 Å². The zero-order valence-corrected chi connectivity index (χ0v) is 9.64. The van der Waals surface area contributed by atoms with Crippen molar-refractivity contribution in [3.05, 3.63) is 53.8 Å². The molecule has 18 heavy (non-hydrogen) atoms. The van der Waals surface area contributed by atoms with Crippen LogP contribution in [0, 0.1) is 0 Å².